The Labute approximate surface area is 97.7 Å². The molecule has 0 radical (unpaired) electrons. The fraction of sp³-hybridized carbons (Fsp3) is 0.0833. The summed E-state index contributed by atoms with van der Waals surface area (Å²) in [5, 5.41) is 0. The van der Waals surface area contributed by atoms with Crippen molar-refractivity contribution in [3.63, 3.8) is 0 Å². The Bertz CT molecular complexity index is 644. The summed E-state index contributed by atoms with van der Waals surface area (Å²) in [4.78, 5) is 15.7. The lowest BCUT2D eigenvalue weighted by atomic mass is 10.2. The van der Waals surface area contributed by atoms with E-state index in [0.717, 1.165) is 28.0 Å². The Morgan fingerprint density at radius 1 is 1.18 bits per heavy atom. The van der Waals surface area contributed by atoms with E-state index >= 15 is 0 Å². The van der Waals surface area contributed by atoms with Crippen LogP contribution in [-0.2, 0) is 6.54 Å². The molecule has 0 spiro atoms. The first-order valence-electron chi connectivity index (χ1n) is 5.31. The van der Waals surface area contributed by atoms with E-state index in [-0.39, 0.29) is 0 Å². The molecule has 0 aliphatic carbocycles. The van der Waals surface area contributed by atoms with Crippen LogP contribution in [0.2, 0.25) is 0 Å². The van der Waals surface area contributed by atoms with Crippen molar-refractivity contribution in [2.45, 2.75) is 6.54 Å². The van der Waals surface area contributed by atoms with Crippen LogP contribution >= 0.6 is 0 Å². The predicted octanol–water partition coefficient (Wildman–Crippen LogP) is 1.48. The quantitative estimate of drug-likeness (QED) is 0.692. The summed E-state index contributed by atoms with van der Waals surface area (Å²) in [5.41, 5.74) is 9.47. The van der Waals surface area contributed by atoms with Gasteiger partial charge in [0.1, 0.15) is 12.2 Å². The third-order valence-electron chi connectivity index (χ3n) is 2.65. The van der Waals surface area contributed by atoms with Gasteiger partial charge in [-0.2, -0.15) is 0 Å². The molecule has 3 rings (SSSR count). The molecule has 0 aliphatic heterocycles. The Hall–Kier alpha value is -2.27. The minimum Gasteiger partial charge on any atom is -0.338 e. The van der Waals surface area contributed by atoms with Crippen molar-refractivity contribution in [3.05, 3.63) is 42.5 Å². The number of aromatic amines is 1. The van der Waals surface area contributed by atoms with E-state index in [9.17, 15) is 0 Å². The van der Waals surface area contributed by atoms with Gasteiger partial charge in [-0.05, 0) is 11.6 Å². The summed E-state index contributed by atoms with van der Waals surface area (Å²) >= 11 is 0. The van der Waals surface area contributed by atoms with Crippen molar-refractivity contribution < 1.29 is 0 Å². The van der Waals surface area contributed by atoms with E-state index in [1.807, 2.05) is 18.2 Å². The zero-order valence-corrected chi connectivity index (χ0v) is 9.09. The molecule has 0 aliphatic rings. The number of nitrogens with zero attached hydrogens (tertiary/aromatic N) is 3. The maximum absolute atomic E-state index is 5.69. The second-order valence-electron chi connectivity index (χ2n) is 3.73. The zero-order chi connectivity index (χ0) is 11.7. The minimum absolute atomic E-state index is 0.479. The van der Waals surface area contributed by atoms with E-state index in [0.29, 0.717) is 6.54 Å². The SMILES string of the molecule is NCc1cccc2[nH]c(-c3cncnc3)nc12. The Balaban J connectivity index is 2.20. The van der Waals surface area contributed by atoms with Gasteiger partial charge in [0.15, 0.2) is 0 Å². The highest BCUT2D eigenvalue weighted by Gasteiger charge is 2.07. The lowest BCUT2D eigenvalue weighted by Gasteiger charge is -1.95. The standard InChI is InChI=1S/C12H11N5/c13-4-8-2-1-3-10-11(8)17-12(16-10)9-5-14-7-15-6-9/h1-3,5-7H,4,13H2,(H,16,17). The van der Waals surface area contributed by atoms with Crippen LogP contribution in [-0.4, -0.2) is 19.9 Å². The average molecular weight is 225 g/mol. The first-order chi connectivity index (χ1) is 8.38. The van der Waals surface area contributed by atoms with Gasteiger partial charge in [-0.25, -0.2) is 15.0 Å². The largest absolute Gasteiger partial charge is 0.338 e. The normalized spacial score (nSPS) is 10.9. The zero-order valence-electron chi connectivity index (χ0n) is 9.09. The van der Waals surface area contributed by atoms with Gasteiger partial charge in [0.05, 0.1) is 16.6 Å². The molecule has 3 N–H and O–H groups in total. The predicted molar refractivity (Wildman–Crippen MR) is 65.0 cm³/mol. The average Bonchev–Trinajstić information content (AvgIpc) is 2.83. The summed E-state index contributed by atoms with van der Waals surface area (Å²) in [6, 6.07) is 5.93. The Morgan fingerprint density at radius 3 is 2.76 bits per heavy atom. The van der Waals surface area contributed by atoms with E-state index in [4.69, 9.17) is 5.73 Å². The van der Waals surface area contributed by atoms with Gasteiger partial charge in [-0.3, -0.25) is 0 Å². The number of nitrogens with two attached hydrogens (primary N) is 1. The highest BCUT2D eigenvalue weighted by Crippen LogP contribution is 2.21. The lowest BCUT2D eigenvalue weighted by molar-refractivity contribution is 1.08. The van der Waals surface area contributed by atoms with Gasteiger partial charge in [0.2, 0.25) is 0 Å². The molecule has 84 valence electrons. The van der Waals surface area contributed by atoms with Crippen LogP contribution in [0.15, 0.2) is 36.9 Å². The summed E-state index contributed by atoms with van der Waals surface area (Å²) in [5.74, 6) is 0.765. The molecule has 2 heterocycles. The molecule has 0 saturated heterocycles. The molecule has 0 saturated carbocycles. The molecule has 2 aromatic heterocycles. The number of hydrogen-bond acceptors (Lipinski definition) is 4. The number of H-pyrrole nitrogens is 1. The number of para-hydroxylation sites is 1. The van der Waals surface area contributed by atoms with Crippen molar-refractivity contribution in [2.75, 3.05) is 0 Å². The summed E-state index contributed by atoms with van der Waals surface area (Å²) < 4.78 is 0. The molecule has 0 bridgehead atoms. The molecule has 0 atom stereocenters. The molecule has 1 aromatic carbocycles. The number of imidazole rings is 1. The van der Waals surface area contributed by atoms with Crippen LogP contribution in [0.1, 0.15) is 5.56 Å². The first-order valence-corrected chi connectivity index (χ1v) is 5.31. The van der Waals surface area contributed by atoms with Gasteiger partial charge in [0.25, 0.3) is 0 Å². The second kappa shape index (κ2) is 3.95. The molecular weight excluding hydrogens is 214 g/mol. The van der Waals surface area contributed by atoms with Gasteiger partial charge in [-0.1, -0.05) is 12.1 Å². The monoisotopic (exact) mass is 225 g/mol. The van der Waals surface area contributed by atoms with E-state index < -0.39 is 0 Å². The summed E-state index contributed by atoms with van der Waals surface area (Å²) in [7, 11) is 0. The van der Waals surface area contributed by atoms with Gasteiger partial charge < -0.3 is 10.7 Å². The van der Waals surface area contributed by atoms with Crippen LogP contribution in [0.5, 0.6) is 0 Å². The van der Waals surface area contributed by atoms with E-state index in [1.54, 1.807) is 12.4 Å². The summed E-state index contributed by atoms with van der Waals surface area (Å²) in [6.07, 6.45) is 4.96. The molecule has 5 nitrogen and oxygen atoms in total. The maximum Gasteiger partial charge on any atom is 0.141 e. The number of nitrogens with one attached hydrogen (secondary N) is 1. The topological polar surface area (TPSA) is 80.5 Å². The van der Waals surface area contributed by atoms with Gasteiger partial charge >= 0.3 is 0 Å². The highest BCUT2D eigenvalue weighted by molar-refractivity contribution is 5.82. The molecule has 0 fully saturated rings. The second-order valence-corrected chi connectivity index (χ2v) is 3.73. The van der Waals surface area contributed by atoms with Crippen molar-refractivity contribution in [1.82, 2.24) is 19.9 Å². The fourth-order valence-corrected chi connectivity index (χ4v) is 1.81. The third kappa shape index (κ3) is 1.66. The van der Waals surface area contributed by atoms with Crippen LogP contribution in [0, 0.1) is 0 Å². The van der Waals surface area contributed by atoms with Crippen molar-refractivity contribution >= 4 is 11.0 Å². The first kappa shape index (κ1) is 9.92. The third-order valence-corrected chi connectivity index (χ3v) is 2.65. The molecule has 3 aromatic rings. The van der Waals surface area contributed by atoms with Crippen molar-refractivity contribution in [3.8, 4) is 11.4 Å². The van der Waals surface area contributed by atoms with Crippen LogP contribution in [0.4, 0.5) is 0 Å². The van der Waals surface area contributed by atoms with Crippen molar-refractivity contribution in [2.24, 2.45) is 5.73 Å². The maximum atomic E-state index is 5.69. The van der Waals surface area contributed by atoms with Gasteiger partial charge in [-0.15, -0.1) is 0 Å². The molecule has 5 heteroatoms. The van der Waals surface area contributed by atoms with Crippen LogP contribution in [0.25, 0.3) is 22.4 Å². The highest BCUT2D eigenvalue weighted by atomic mass is 14.9. The van der Waals surface area contributed by atoms with Crippen LogP contribution < -0.4 is 5.73 Å². The van der Waals surface area contributed by atoms with Crippen molar-refractivity contribution in [1.29, 1.82) is 0 Å². The Kier molecular flexibility index (Phi) is 2.31. The number of aromatic nitrogens is 4. The number of fused-ring (bicyclic) bond motifs is 1. The summed E-state index contributed by atoms with van der Waals surface area (Å²) in [6.45, 7) is 0.479. The fourth-order valence-electron chi connectivity index (χ4n) is 1.81. The van der Waals surface area contributed by atoms with E-state index in [2.05, 4.69) is 19.9 Å². The number of hydrogen-bond donors (Lipinski definition) is 2. The molecule has 0 unspecified atom stereocenters. The van der Waals surface area contributed by atoms with Crippen LogP contribution in [0.3, 0.4) is 0 Å². The minimum atomic E-state index is 0.479. The van der Waals surface area contributed by atoms with E-state index in [1.165, 1.54) is 6.33 Å². The molecular formula is C12H11N5. The number of rotatable bonds is 2. The smallest absolute Gasteiger partial charge is 0.141 e. The van der Waals surface area contributed by atoms with Gasteiger partial charge in [0, 0.05) is 18.9 Å². The Morgan fingerprint density at radius 2 is 2.00 bits per heavy atom. The molecule has 17 heavy (non-hydrogen) atoms. The lowest BCUT2D eigenvalue weighted by Crippen LogP contribution is -1.96. The molecule has 0 amide bonds. The number of benzene rings is 1.